The molecule has 1 unspecified atom stereocenters. The summed E-state index contributed by atoms with van der Waals surface area (Å²) < 4.78 is 6.66. The van der Waals surface area contributed by atoms with Gasteiger partial charge in [0.05, 0.1) is 0 Å². The molecule has 0 saturated carbocycles. The number of benzene rings is 5. The monoisotopic (exact) mass is 791 g/mol. The molecule has 0 amide bonds. The summed E-state index contributed by atoms with van der Waals surface area (Å²) in [7, 11) is 0. The number of nitrogens with zero attached hydrogens (tertiary/aromatic N) is 1. The molecule has 210 valence electrons. The molecule has 44 heavy (non-hydrogen) atoms. The van der Waals surface area contributed by atoms with Crippen LogP contribution in [-0.4, -0.2) is 6.71 Å². The van der Waals surface area contributed by atoms with Crippen molar-refractivity contribution in [1.29, 1.82) is 0 Å². The number of aryl methyl sites for hydroxylation is 3. The number of hydrogen-bond donors (Lipinski definition) is 0. The first kappa shape index (κ1) is 29.0. The van der Waals surface area contributed by atoms with Gasteiger partial charge >= 0.3 is 31.1 Å². The molecule has 2 aliphatic rings. The molecule has 4 heteroatoms. The molecule has 0 spiro atoms. The third kappa shape index (κ3) is 4.63. The molecule has 1 atom stereocenters. The van der Waals surface area contributed by atoms with Crippen molar-refractivity contribution < 1.29 is 35.5 Å². The van der Waals surface area contributed by atoms with Crippen LogP contribution in [0.2, 0.25) is 0 Å². The van der Waals surface area contributed by atoms with Crippen LogP contribution < -0.4 is 21.3 Å². The van der Waals surface area contributed by atoms with E-state index in [0.717, 1.165) is 34.6 Å². The predicted molar refractivity (Wildman–Crippen MR) is 181 cm³/mol. The van der Waals surface area contributed by atoms with Gasteiger partial charge in [0.1, 0.15) is 11.3 Å². The van der Waals surface area contributed by atoms with E-state index in [9.17, 15) is 0 Å². The van der Waals surface area contributed by atoms with Crippen molar-refractivity contribution in [3.8, 4) is 11.1 Å². The smallest absolute Gasteiger partial charge is 0.460 e. The summed E-state index contributed by atoms with van der Waals surface area (Å²) in [5, 5.41) is 1.18. The summed E-state index contributed by atoms with van der Waals surface area (Å²) in [6, 6.07) is 39.9. The number of rotatable bonds is 3. The fraction of sp³-hybridized carbons (Fsp3) is 0.150. The Hall–Kier alpha value is -3.70. The molecule has 0 saturated heterocycles. The molecule has 2 heterocycles. The maximum atomic E-state index is 6.66. The van der Waals surface area contributed by atoms with Crippen molar-refractivity contribution in [3.05, 3.63) is 137 Å². The Morgan fingerprint density at radius 3 is 2.32 bits per heavy atom. The molecule has 0 bridgehead atoms. The second kappa shape index (κ2) is 11.3. The molecule has 1 aliphatic heterocycles. The van der Waals surface area contributed by atoms with E-state index >= 15 is 0 Å². The quantitative estimate of drug-likeness (QED) is 0.132. The van der Waals surface area contributed by atoms with Crippen LogP contribution in [0.25, 0.3) is 28.2 Å². The van der Waals surface area contributed by atoms with Crippen LogP contribution >= 0.6 is 0 Å². The molecule has 0 N–H and O–H groups in total. The topological polar surface area (TPSA) is 16.4 Å². The van der Waals surface area contributed by atoms with Crippen LogP contribution in [0.4, 0.5) is 17.1 Å². The molecule has 6 aromatic rings. The van der Waals surface area contributed by atoms with Crippen molar-refractivity contribution in [3.63, 3.8) is 0 Å². The molecule has 2 nitrogen and oxygen atoms in total. The van der Waals surface area contributed by atoms with Gasteiger partial charge in [-0.05, 0) is 57.1 Å². The number of furan rings is 1. The van der Waals surface area contributed by atoms with Crippen molar-refractivity contribution in [2.75, 3.05) is 4.90 Å². The Labute approximate surface area is 284 Å². The summed E-state index contributed by atoms with van der Waals surface area (Å²) in [6.45, 7) is 9.00. The van der Waals surface area contributed by atoms with Crippen LogP contribution in [0.5, 0.6) is 0 Å². The molecule has 8 rings (SSSR count). The fourth-order valence-electron chi connectivity index (χ4n) is 7.39. The number of fused-ring (bicyclic) bond motifs is 5. The number of hydrogen-bond acceptors (Lipinski definition) is 2. The zero-order chi connectivity index (χ0) is 29.2. The van der Waals surface area contributed by atoms with Gasteiger partial charge in [0, 0.05) is 28.2 Å². The number of para-hydroxylation sites is 1. The molecular formula is C40H32BNOU. The summed E-state index contributed by atoms with van der Waals surface area (Å²) in [5.41, 5.74) is 15.5. The Morgan fingerprint density at radius 1 is 0.818 bits per heavy atom. The zero-order valence-electron chi connectivity index (χ0n) is 25.5. The van der Waals surface area contributed by atoms with Crippen molar-refractivity contribution in [1.82, 2.24) is 0 Å². The second-order valence-electron chi connectivity index (χ2n) is 12.2. The van der Waals surface area contributed by atoms with E-state index in [0.29, 0.717) is 5.92 Å². The molecule has 1 aromatic heterocycles. The maximum Gasteiger partial charge on any atom is 2.00 e. The molecule has 1 aliphatic carbocycles. The minimum Gasteiger partial charge on any atom is -0.460 e. The van der Waals surface area contributed by atoms with Crippen molar-refractivity contribution in [2.24, 2.45) is 0 Å². The fourth-order valence-corrected chi connectivity index (χ4v) is 7.39. The number of allylic oxidation sites excluding steroid dienone is 1. The Bertz CT molecular complexity index is 2040. The first-order valence-electron chi connectivity index (χ1n) is 15.2. The average molecular weight is 792 g/mol. The van der Waals surface area contributed by atoms with E-state index in [1.165, 1.54) is 55.4 Å². The van der Waals surface area contributed by atoms with Gasteiger partial charge in [-0.2, -0.15) is 42.5 Å². The van der Waals surface area contributed by atoms with Crippen LogP contribution in [0.15, 0.2) is 101 Å². The van der Waals surface area contributed by atoms with E-state index in [1.54, 1.807) is 0 Å². The van der Waals surface area contributed by atoms with E-state index in [2.05, 4.69) is 136 Å². The third-order valence-corrected chi connectivity index (χ3v) is 9.23. The van der Waals surface area contributed by atoms with Gasteiger partial charge in [-0.1, -0.05) is 77.0 Å². The number of anilines is 3. The molecule has 0 radical (unpaired) electrons. The predicted octanol–water partition coefficient (Wildman–Crippen LogP) is 8.45. The van der Waals surface area contributed by atoms with Gasteiger partial charge in [0.15, 0.2) is 6.71 Å². The maximum absolute atomic E-state index is 6.66. The zero-order valence-corrected chi connectivity index (χ0v) is 29.7. The van der Waals surface area contributed by atoms with Gasteiger partial charge in [-0.25, -0.2) is 11.1 Å². The average Bonchev–Trinajstić information content (AvgIpc) is 3.39. The van der Waals surface area contributed by atoms with Gasteiger partial charge in [0.2, 0.25) is 0 Å². The van der Waals surface area contributed by atoms with E-state index in [1.807, 2.05) is 12.1 Å². The molecule has 5 aromatic carbocycles. The summed E-state index contributed by atoms with van der Waals surface area (Å²) in [6.07, 6.45) is 5.54. The van der Waals surface area contributed by atoms with Crippen LogP contribution in [0, 0.1) is 64.0 Å². The summed E-state index contributed by atoms with van der Waals surface area (Å²) >= 11 is 0. The SMILES string of the molecule is Cc1cc(C)c(B2c3c[c-]c(-c4[c-]cccc4)cc3N(c3ccccc3)c3cc4c5c(oc4cc32)C(C)CC=C5)c(C)c1.[U+2]. The van der Waals surface area contributed by atoms with Crippen molar-refractivity contribution in [2.45, 2.75) is 40.0 Å². The van der Waals surface area contributed by atoms with Gasteiger partial charge < -0.3 is 9.32 Å². The summed E-state index contributed by atoms with van der Waals surface area (Å²) in [4.78, 5) is 2.44. The first-order chi connectivity index (χ1) is 21.0. The van der Waals surface area contributed by atoms with E-state index in [-0.39, 0.29) is 37.8 Å². The standard InChI is InChI=1S/C40H32BNO.U/c1-25-20-27(3)39(28(4)21-25)41-34-19-18-30(29-13-7-5-8-14-29)22-36(34)42(31-15-9-6-10-16-31)37-23-33-32-17-11-12-26(2)40(32)43-38(33)24-35(37)41;/h5-11,13,15-17,19-24,26H,12H2,1-4H3;/q-2;+2. The van der Waals surface area contributed by atoms with E-state index < -0.39 is 0 Å². The van der Waals surface area contributed by atoms with Gasteiger partial charge in [0.25, 0.3) is 0 Å². The molecule has 0 fully saturated rings. The normalized spacial score (nSPS) is 15.0. The second-order valence-corrected chi connectivity index (χ2v) is 12.2. The van der Waals surface area contributed by atoms with Crippen LogP contribution in [0.1, 0.15) is 47.3 Å². The first-order valence-corrected chi connectivity index (χ1v) is 15.2. The van der Waals surface area contributed by atoms with Crippen molar-refractivity contribution >= 4 is 57.2 Å². The summed E-state index contributed by atoms with van der Waals surface area (Å²) in [5.74, 6) is 1.46. The third-order valence-electron chi connectivity index (χ3n) is 9.23. The minimum absolute atomic E-state index is 0. The Morgan fingerprint density at radius 2 is 1.57 bits per heavy atom. The van der Waals surface area contributed by atoms with Crippen LogP contribution in [-0.2, 0) is 0 Å². The minimum atomic E-state index is 0. The largest absolute Gasteiger partial charge is 2.00 e. The van der Waals surface area contributed by atoms with E-state index in [4.69, 9.17) is 4.42 Å². The van der Waals surface area contributed by atoms with Gasteiger partial charge in [-0.15, -0.1) is 11.5 Å². The molecular weight excluding hydrogens is 759 g/mol. The van der Waals surface area contributed by atoms with Gasteiger partial charge in [-0.3, -0.25) is 0 Å². The Kier molecular flexibility index (Phi) is 7.48. The van der Waals surface area contributed by atoms with Crippen LogP contribution in [0.3, 0.4) is 0 Å². The Balaban J connectivity index is 0.00000312.